The van der Waals surface area contributed by atoms with E-state index in [1.165, 1.54) is 0 Å². The Kier molecular flexibility index (Phi) is 2.26. The van der Waals surface area contributed by atoms with E-state index in [1.807, 2.05) is 19.1 Å². The average molecular weight is 246 g/mol. The molecule has 17 heavy (non-hydrogen) atoms. The van der Waals surface area contributed by atoms with Gasteiger partial charge in [0, 0.05) is 17.5 Å². The van der Waals surface area contributed by atoms with E-state index in [-0.39, 0.29) is 0 Å². The fraction of sp³-hybridized carbons (Fsp3) is 0.0909. The predicted molar refractivity (Wildman–Crippen MR) is 63.8 cm³/mol. The van der Waals surface area contributed by atoms with Crippen molar-refractivity contribution in [2.24, 2.45) is 0 Å². The zero-order valence-corrected chi connectivity index (χ0v) is 9.76. The molecule has 0 aromatic carbocycles. The number of fused-ring (bicyclic) bond motifs is 1. The Balaban J connectivity index is 2.27. The third kappa shape index (κ3) is 1.64. The summed E-state index contributed by atoms with van der Waals surface area (Å²) in [4.78, 5) is 8.19. The van der Waals surface area contributed by atoms with Gasteiger partial charge in [0.05, 0.1) is 12.4 Å². The summed E-state index contributed by atoms with van der Waals surface area (Å²) in [5.41, 5.74) is 2.44. The second-order valence-corrected chi connectivity index (χ2v) is 4.02. The molecule has 0 atom stereocenters. The first-order valence-corrected chi connectivity index (χ1v) is 5.41. The van der Waals surface area contributed by atoms with Crippen LogP contribution in [0.15, 0.2) is 30.7 Å². The molecule has 0 fully saturated rings. The van der Waals surface area contributed by atoms with Crippen LogP contribution < -0.4 is 0 Å². The summed E-state index contributed by atoms with van der Waals surface area (Å²) in [6.07, 6.45) is 4.93. The van der Waals surface area contributed by atoms with Gasteiger partial charge in [-0.1, -0.05) is 11.6 Å². The summed E-state index contributed by atoms with van der Waals surface area (Å²) < 4.78 is 1.74. The molecule has 0 aliphatic rings. The summed E-state index contributed by atoms with van der Waals surface area (Å²) >= 11 is 6.08. The predicted octanol–water partition coefficient (Wildman–Crippen LogP) is 2.15. The van der Waals surface area contributed by atoms with Gasteiger partial charge in [-0.05, 0) is 19.1 Å². The molecule has 0 aliphatic carbocycles. The Morgan fingerprint density at radius 2 is 2.00 bits per heavy atom. The lowest BCUT2D eigenvalue weighted by Crippen LogP contribution is -1.93. The van der Waals surface area contributed by atoms with Crippen molar-refractivity contribution in [2.45, 2.75) is 6.92 Å². The number of aryl methyl sites for hydroxylation is 1. The van der Waals surface area contributed by atoms with Crippen molar-refractivity contribution >= 4 is 17.2 Å². The van der Waals surface area contributed by atoms with Gasteiger partial charge in [0.1, 0.15) is 5.15 Å². The maximum absolute atomic E-state index is 6.08. The van der Waals surface area contributed by atoms with E-state index >= 15 is 0 Å². The van der Waals surface area contributed by atoms with Gasteiger partial charge in [-0.3, -0.25) is 14.4 Å². The molecule has 6 heteroatoms. The van der Waals surface area contributed by atoms with Crippen LogP contribution in [0, 0.1) is 6.92 Å². The third-order valence-electron chi connectivity index (χ3n) is 2.44. The number of pyridine rings is 1. The molecule has 0 bridgehead atoms. The quantitative estimate of drug-likeness (QED) is 0.659. The molecule has 0 amide bonds. The summed E-state index contributed by atoms with van der Waals surface area (Å²) in [5, 5.41) is 8.60. The highest BCUT2D eigenvalue weighted by molar-refractivity contribution is 6.29. The first kappa shape index (κ1) is 10.2. The van der Waals surface area contributed by atoms with Crippen LogP contribution in [-0.4, -0.2) is 24.6 Å². The minimum Gasteiger partial charge on any atom is -0.262 e. The molecule has 0 radical (unpaired) electrons. The molecule has 5 nitrogen and oxygen atoms in total. The summed E-state index contributed by atoms with van der Waals surface area (Å²) in [6.45, 7) is 1.93. The molecule has 3 heterocycles. The zero-order valence-electron chi connectivity index (χ0n) is 9.00. The minimum absolute atomic E-state index is 0.475. The number of hydrogen-bond acceptors (Lipinski definition) is 4. The first-order chi connectivity index (χ1) is 8.25. The molecular formula is C11H8ClN5. The lowest BCUT2D eigenvalue weighted by Gasteiger charge is -2.01. The Bertz CT molecular complexity index is 674. The van der Waals surface area contributed by atoms with E-state index in [9.17, 15) is 0 Å². The Hall–Kier alpha value is -2.01. The normalized spacial score (nSPS) is 10.9. The van der Waals surface area contributed by atoms with Crippen LogP contribution in [0.3, 0.4) is 0 Å². The second kappa shape index (κ2) is 3.78. The van der Waals surface area contributed by atoms with Crippen molar-refractivity contribution in [1.82, 2.24) is 24.6 Å². The van der Waals surface area contributed by atoms with Crippen LogP contribution in [0.1, 0.15) is 5.69 Å². The number of nitrogens with zero attached hydrogens (tertiary/aromatic N) is 5. The van der Waals surface area contributed by atoms with Crippen molar-refractivity contribution in [3.05, 3.63) is 41.6 Å². The van der Waals surface area contributed by atoms with Gasteiger partial charge in [-0.2, -0.15) is 0 Å². The molecule has 0 unspecified atom stereocenters. The number of halogens is 1. The van der Waals surface area contributed by atoms with Crippen LogP contribution >= 0.6 is 11.6 Å². The van der Waals surface area contributed by atoms with Crippen LogP contribution in [-0.2, 0) is 0 Å². The van der Waals surface area contributed by atoms with E-state index < -0.39 is 0 Å². The second-order valence-electron chi connectivity index (χ2n) is 3.64. The molecule has 0 N–H and O–H groups in total. The molecule has 0 saturated carbocycles. The third-order valence-corrected chi connectivity index (χ3v) is 2.71. The van der Waals surface area contributed by atoms with E-state index in [1.54, 1.807) is 23.0 Å². The highest BCUT2D eigenvalue weighted by Crippen LogP contribution is 2.20. The van der Waals surface area contributed by atoms with Crippen LogP contribution in [0.2, 0.25) is 5.15 Å². The highest BCUT2D eigenvalue weighted by atomic mass is 35.5. The fourth-order valence-corrected chi connectivity index (χ4v) is 1.82. The van der Waals surface area contributed by atoms with Gasteiger partial charge < -0.3 is 0 Å². The molecule has 0 saturated heterocycles. The van der Waals surface area contributed by atoms with Gasteiger partial charge in [0.25, 0.3) is 0 Å². The van der Waals surface area contributed by atoms with Crippen LogP contribution in [0.4, 0.5) is 0 Å². The van der Waals surface area contributed by atoms with Gasteiger partial charge in [0.2, 0.25) is 0 Å². The summed E-state index contributed by atoms with van der Waals surface area (Å²) in [6, 6.07) is 3.86. The maximum Gasteiger partial charge on any atom is 0.180 e. The molecular weight excluding hydrogens is 238 g/mol. The van der Waals surface area contributed by atoms with Crippen LogP contribution in [0.5, 0.6) is 0 Å². The molecule has 0 aliphatic heterocycles. The smallest absolute Gasteiger partial charge is 0.180 e. The molecule has 84 valence electrons. The Morgan fingerprint density at radius 1 is 1.12 bits per heavy atom. The van der Waals surface area contributed by atoms with Crippen molar-refractivity contribution in [3.63, 3.8) is 0 Å². The number of hydrogen-bond donors (Lipinski definition) is 0. The molecule has 3 aromatic heterocycles. The Morgan fingerprint density at radius 3 is 2.76 bits per heavy atom. The standard InChI is InChI=1S/C11H8ClN5/c1-7-2-3-8(4-14-7)11-16-15-10-6-13-5-9(12)17(10)11/h2-6H,1H3. The van der Waals surface area contributed by atoms with Crippen molar-refractivity contribution < 1.29 is 0 Å². The first-order valence-electron chi connectivity index (χ1n) is 5.03. The highest BCUT2D eigenvalue weighted by Gasteiger charge is 2.10. The largest absolute Gasteiger partial charge is 0.262 e. The summed E-state index contributed by atoms with van der Waals surface area (Å²) in [7, 11) is 0. The SMILES string of the molecule is Cc1ccc(-c2nnc3cncc(Cl)n23)cn1. The van der Waals surface area contributed by atoms with Crippen molar-refractivity contribution in [3.8, 4) is 11.4 Å². The average Bonchev–Trinajstić information content (AvgIpc) is 2.75. The number of aromatic nitrogens is 5. The molecule has 3 aromatic rings. The lowest BCUT2D eigenvalue weighted by atomic mass is 10.2. The van der Waals surface area contributed by atoms with E-state index in [0.29, 0.717) is 16.6 Å². The van der Waals surface area contributed by atoms with Crippen molar-refractivity contribution in [2.75, 3.05) is 0 Å². The lowest BCUT2D eigenvalue weighted by molar-refractivity contribution is 1.10. The molecule has 3 rings (SSSR count). The van der Waals surface area contributed by atoms with Gasteiger partial charge in [-0.15, -0.1) is 10.2 Å². The van der Waals surface area contributed by atoms with Crippen LogP contribution in [0.25, 0.3) is 17.0 Å². The minimum atomic E-state index is 0.475. The topological polar surface area (TPSA) is 56.0 Å². The fourth-order valence-electron chi connectivity index (χ4n) is 1.60. The zero-order chi connectivity index (χ0) is 11.8. The van der Waals surface area contributed by atoms with Gasteiger partial charge >= 0.3 is 0 Å². The van der Waals surface area contributed by atoms with E-state index in [4.69, 9.17) is 11.6 Å². The van der Waals surface area contributed by atoms with Gasteiger partial charge in [-0.25, -0.2) is 0 Å². The molecule has 0 spiro atoms. The summed E-state index contributed by atoms with van der Waals surface area (Å²) in [5.74, 6) is 0.667. The monoisotopic (exact) mass is 245 g/mol. The van der Waals surface area contributed by atoms with E-state index in [2.05, 4.69) is 20.2 Å². The number of rotatable bonds is 1. The van der Waals surface area contributed by atoms with Gasteiger partial charge in [0.15, 0.2) is 11.5 Å². The van der Waals surface area contributed by atoms with E-state index in [0.717, 1.165) is 11.3 Å². The van der Waals surface area contributed by atoms with Crippen molar-refractivity contribution in [1.29, 1.82) is 0 Å². The maximum atomic E-state index is 6.08. The Labute approximate surface area is 102 Å².